The van der Waals surface area contributed by atoms with Gasteiger partial charge in [-0.3, -0.25) is 53.3 Å². The number of carbonyl (C=O) groups is 10. The second-order valence-corrected chi connectivity index (χ2v) is 19.4. The third kappa shape index (κ3) is 16.1. The number of amides is 9. The Morgan fingerprint density at radius 3 is 2.12 bits per heavy atom. The first-order valence-corrected chi connectivity index (χ1v) is 25.7. The molecule has 5 rings (SSSR count). The molecule has 0 bridgehead atoms. The maximum absolute atomic E-state index is 14.4. The number of nitrogens with one attached hydrogen (secondary N) is 9. The highest BCUT2D eigenvalue weighted by molar-refractivity contribution is 7.80. The monoisotopic (exact) mass is 1040 g/mol. The number of nitrogens with zero attached hydrogens (tertiary/aromatic N) is 2. The molecular weight excluding hydrogens is 973 g/mol. The van der Waals surface area contributed by atoms with Crippen LogP contribution in [0.3, 0.4) is 0 Å². The van der Waals surface area contributed by atoms with E-state index in [1.165, 1.54) is 4.90 Å². The number of ketones is 1. The number of primary amides is 1. The Morgan fingerprint density at radius 2 is 1.43 bits per heavy atom. The van der Waals surface area contributed by atoms with E-state index in [0.29, 0.717) is 31.4 Å². The van der Waals surface area contributed by atoms with Gasteiger partial charge in [0.25, 0.3) is 0 Å². The molecule has 3 aliphatic heterocycles. The topological polar surface area (TPSA) is 335 Å². The molecule has 9 atom stereocenters. The van der Waals surface area contributed by atoms with Crippen molar-refractivity contribution in [1.82, 2.24) is 57.3 Å². The fraction of sp³-hybridized carbons (Fsp3) is 0.617. The summed E-state index contributed by atoms with van der Waals surface area (Å²) in [6.07, 6.45) is 3.69. The average Bonchev–Trinajstić information content (AvgIpc) is 4.15. The molecule has 2 unspecified atom stereocenters. The number of aromatic nitrogens is 1. The molecule has 1 aromatic carbocycles. The van der Waals surface area contributed by atoms with Crippen LogP contribution in [0.5, 0.6) is 0 Å². The van der Waals surface area contributed by atoms with Gasteiger partial charge < -0.3 is 62.8 Å². The number of likely N-dealkylation sites (tertiary alicyclic amines) is 1. The molecular formula is C47H70N12O11S2. The number of rotatable bonds is 15. The van der Waals surface area contributed by atoms with Crippen LogP contribution >= 0.6 is 25.3 Å². The van der Waals surface area contributed by atoms with Gasteiger partial charge in [0.1, 0.15) is 42.9 Å². The molecule has 1 aromatic heterocycles. The Kier molecular flexibility index (Phi) is 22.1. The number of aliphatic hydroxyl groups is 1. The minimum atomic E-state index is -1.57. The summed E-state index contributed by atoms with van der Waals surface area (Å²) in [5, 5.41) is 32.1. The van der Waals surface area contributed by atoms with Crippen LogP contribution in [0.4, 0.5) is 0 Å². The van der Waals surface area contributed by atoms with Gasteiger partial charge >= 0.3 is 0 Å². The third-order valence-corrected chi connectivity index (χ3v) is 13.8. The third-order valence-electron chi connectivity index (χ3n) is 13.1. The van der Waals surface area contributed by atoms with Crippen molar-refractivity contribution in [3.63, 3.8) is 0 Å². The number of carbonyl (C=O) groups excluding carboxylic acids is 10. The maximum Gasteiger partial charge on any atom is 0.248 e. The van der Waals surface area contributed by atoms with Crippen molar-refractivity contribution in [1.29, 1.82) is 0 Å². The van der Waals surface area contributed by atoms with Gasteiger partial charge in [0.15, 0.2) is 5.78 Å². The van der Waals surface area contributed by atoms with Crippen LogP contribution in [0.2, 0.25) is 0 Å². The molecule has 3 fully saturated rings. The first-order chi connectivity index (χ1) is 34.4. The van der Waals surface area contributed by atoms with Crippen LogP contribution in [-0.4, -0.2) is 185 Å². The molecule has 12 N–H and O–H groups in total. The SMILES string of the molecule is CN(C)CCCC[C@@H]1NC(=O)[C@H](CS)NC(=O)C[C@@H](C(=O)C2CCC(C(N)=O)N2)NC(=O)[C@@H](NC(=O)[C@@H]2CCCN2C(=O)CO)CCCCNC(=O)[C@H](CS)NC(=O)[C@H](Cc2c[nH]c3ccccc23)NC1=O. The lowest BCUT2D eigenvalue weighted by Crippen LogP contribution is -2.59. The number of para-hydroxylation sites is 1. The highest BCUT2D eigenvalue weighted by Crippen LogP contribution is 2.21. The molecule has 0 aliphatic carbocycles. The Hall–Kier alpha value is -5.76. The quantitative estimate of drug-likeness (QED) is 0.0629. The normalized spacial score (nSPS) is 26.8. The van der Waals surface area contributed by atoms with Gasteiger partial charge in [-0.1, -0.05) is 18.2 Å². The summed E-state index contributed by atoms with van der Waals surface area (Å²) in [6, 6.07) is -3.43. The number of Topliss-reactive ketones (excluding diaryl/α,β-unsaturated/α-hetero) is 1. The molecule has 0 saturated carbocycles. The fourth-order valence-electron chi connectivity index (χ4n) is 9.12. The number of unbranched alkanes of at least 4 members (excludes halogenated alkanes) is 1. The number of H-pyrrole nitrogens is 1. The van der Waals surface area contributed by atoms with Crippen molar-refractivity contribution < 1.29 is 53.1 Å². The van der Waals surface area contributed by atoms with Crippen molar-refractivity contribution in [3.8, 4) is 0 Å². The predicted octanol–water partition coefficient (Wildman–Crippen LogP) is -2.94. The lowest BCUT2D eigenvalue weighted by atomic mass is 9.99. The van der Waals surface area contributed by atoms with Gasteiger partial charge in [-0.25, -0.2) is 0 Å². The van der Waals surface area contributed by atoms with Crippen LogP contribution in [0.1, 0.15) is 76.2 Å². The molecule has 3 aliphatic rings. The van der Waals surface area contributed by atoms with Crippen LogP contribution in [0.25, 0.3) is 10.9 Å². The van der Waals surface area contributed by atoms with Crippen molar-refractivity contribution in [3.05, 3.63) is 36.0 Å². The van der Waals surface area contributed by atoms with E-state index in [2.05, 4.69) is 72.8 Å². The summed E-state index contributed by atoms with van der Waals surface area (Å²) in [5.74, 6) is -7.70. The maximum atomic E-state index is 14.4. The zero-order chi connectivity index (χ0) is 52.5. The molecule has 0 radical (unpaired) electrons. The first kappa shape index (κ1) is 57.1. The standard InChI is InChI=1S/C47H70N12O11S2/c1-58(2)18-8-6-13-31-44(67)56-34(20-26-22-50-28-11-4-3-10-27(26)28)45(68)57-35(24-71)42(65)49-17-7-5-12-32(54-47(70)37-14-9-19-59(37)39(62)23-60)43(66)55-33(21-38(61)52-36(25-72)46(69)53-31)40(63)29-15-16-30(51-29)41(48)64/h3-4,10-11,22,29-37,50-51,60,71-72H,5-9,12-21,23-25H2,1-2H3,(H2,48,64)(H,49,65)(H,52,61)(H,53,69)(H,54,70)(H,55,66)(H,56,67)(H,57,68)/t29?,30?,31-,32-,33-,34-,35-,36-,37-/m0/s1. The first-order valence-electron chi connectivity index (χ1n) is 24.4. The number of benzene rings is 1. The summed E-state index contributed by atoms with van der Waals surface area (Å²) in [7, 11) is 3.78. The van der Waals surface area contributed by atoms with E-state index >= 15 is 0 Å². The second-order valence-electron chi connectivity index (χ2n) is 18.7. The lowest BCUT2D eigenvalue weighted by molar-refractivity contribution is -0.141. The average molecular weight is 1040 g/mol. The van der Waals surface area contributed by atoms with E-state index in [0.717, 1.165) is 10.9 Å². The predicted molar refractivity (Wildman–Crippen MR) is 271 cm³/mol. The van der Waals surface area contributed by atoms with Gasteiger partial charge in [0.2, 0.25) is 53.2 Å². The van der Waals surface area contributed by atoms with Crippen molar-refractivity contribution in [2.75, 3.05) is 51.8 Å². The molecule has 3 saturated heterocycles. The Morgan fingerprint density at radius 1 is 0.764 bits per heavy atom. The highest BCUT2D eigenvalue weighted by Gasteiger charge is 2.40. The molecule has 0 spiro atoms. The zero-order valence-electron chi connectivity index (χ0n) is 40.7. The summed E-state index contributed by atoms with van der Waals surface area (Å²) < 4.78 is 0. The Balaban J connectivity index is 1.47. The zero-order valence-corrected chi connectivity index (χ0v) is 42.5. The molecule has 2 aromatic rings. The van der Waals surface area contributed by atoms with E-state index in [1.54, 1.807) is 6.20 Å². The number of aromatic amines is 1. The number of aliphatic hydroxyl groups excluding tert-OH is 1. The minimum Gasteiger partial charge on any atom is -0.387 e. The second kappa shape index (κ2) is 27.9. The molecule has 4 heterocycles. The van der Waals surface area contributed by atoms with Crippen molar-refractivity contribution in [2.45, 2.75) is 131 Å². The van der Waals surface area contributed by atoms with Gasteiger partial charge in [-0.05, 0) is 96.5 Å². The van der Waals surface area contributed by atoms with Gasteiger partial charge in [0, 0.05) is 48.1 Å². The molecule has 23 nitrogen and oxygen atoms in total. The lowest BCUT2D eigenvalue weighted by Gasteiger charge is -2.28. The number of thiol groups is 2. The van der Waals surface area contributed by atoms with Crippen molar-refractivity contribution >= 4 is 95.1 Å². The van der Waals surface area contributed by atoms with Gasteiger partial charge in [-0.2, -0.15) is 25.3 Å². The number of nitrogens with two attached hydrogens (primary N) is 1. The molecule has 25 heteroatoms. The van der Waals surface area contributed by atoms with Crippen LogP contribution < -0.4 is 48.3 Å². The molecule has 72 heavy (non-hydrogen) atoms. The number of hydrogen-bond acceptors (Lipinski definition) is 15. The van der Waals surface area contributed by atoms with Crippen molar-refractivity contribution in [2.24, 2.45) is 5.73 Å². The fourth-order valence-corrected chi connectivity index (χ4v) is 9.64. The van der Waals surface area contributed by atoms with Crippen LogP contribution in [0.15, 0.2) is 30.5 Å². The molecule has 9 amide bonds. The highest BCUT2D eigenvalue weighted by atomic mass is 32.1. The smallest absolute Gasteiger partial charge is 0.248 e. The number of hydrogen-bond donors (Lipinski definition) is 13. The largest absolute Gasteiger partial charge is 0.387 e. The minimum absolute atomic E-state index is 0.0143. The summed E-state index contributed by atoms with van der Waals surface area (Å²) >= 11 is 8.68. The summed E-state index contributed by atoms with van der Waals surface area (Å²) in [6.45, 7) is 0.0941. The van der Waals surface area contributed by atoms with E-state index in [-0.39, 0.29) is 76.0 Å². The van der Waals surface area contributed by atoms with E-state index in [1.807, 2.05) is 43.3 Å². The Bertz CT molecular complexity index is 2280. The molecule has 396 valence electrons. The number of fused-ring (bicyclic) bond motifs is 1. The van der Waals surface area contributed by atoms with Crippen LogP contribution in [0, 0.1) is 0 Å². The Labute approximate surface area is 429 Å². The summed E-state index contributed by atoms with van der Waals surface area (Å²) in [5.41, 5.74) is 6.99. The summed E-state index contributed by atoms with van der Waals surface area (Å²) in [4.78, 5) is 143. The van der Waals surface area contributed by atoms with Crippen LogP contribution in [-0.2, 0) is 54.4 Å². The van der Waals surface area contributed by atoms with Gasteiger partial charge in [-0.15, -0.1) is 0 Å². The van der Waals surface area contributed by atoms with Gasteiger partial charge in [0.05, 0.1) is 24.5 Å². The van der Waals surface area contributed by atoms with E-state index in [9.17, 15) is 53.1 Å². The van der Waals surface area contributed by atoms with E-state index < -0.39 is 126 Å². The van der Waals surface area contributed by atoms with E-state index in [4.69, 9.17) is 5.73 Å².